The Morgan fingerprint density at radius 3 is 2.80 bits per heavy atom. The largest absolute Gasteiger partial charge is 0.395 e. The molecule has 0 saturated heterocycles. The molecule has 2 heterocycles. The van der Waals surface area contributed by atoms with Gasteiger partial charge in [0.1, 0.15) is 17.8 Å². The number of aliphatic hydroxyl groups excluding tert-OH is 1. The van der Waals surface area contributed by atoms with Crippen LogP contribution in [0.5, 0.6) is 0 Å². The first-order chi connectivity index (χ1) is 9.76. The lowest BCUT2D eigenvalue weighted by Gasteiger charge is -2.22. The van der Waals surface area contributed by atoms with Crippen LogP contribution in [0.1, 0.15) is 6.92 Å². The molecular formula is C13H18N6O. The standard InChI is InChI=1S/C13H18N6O/c1-2-19(7-8-20)13-11(14)12(16-9-17-13)18-10-5-3-4-6-15-10/h3-6,9,20H,2,7-8,14H2,1H3,(H,15,16,17,18). The minimum Gasteiger partial charge on any atom is -0.395 e. The molecule has 0 aliphatic rings. The fourth-order valence-electron chi connectivity index (χ4n) is 1.83. The summed E-state index contributed by atoms with van der Waals surface area (Å²) in [5.41, 5.74) is 6.54. The average molecular weight is 274 g/mol. The lowest BCUT2D eigenvalue weighted by atomic mass is 10.3. The Balaban J connectivity index is 2.27. The molecule has 106 valence electrons. The quantitative estimate of drug-likeness (QED) is 0.723. The molecule has 7 nitrogen and oxygen atoms in total. The van der Waals surface area contributed by atoms with Crippen molar-refractivity contribution in [1.82, 2.24) is 15.0 Å². The van der Waals surface area contributed by atoms with Crippen LogP contribution in [0.3, 0.4) is 0 Å². The molecule has 0 fully saturated rings. The van der Waals surface area contributed by atoms with Gasteiger partial charge in [-0.25, -0.2) is 15.0 Å². The molecule has 0 amide bonds. The van der Waals surface area contributed by atoms with Crippen LogP contribution in [0.2, 0.25) is 0 Å². The molecule has 20 heavy (non-hydrogen) atoms. The van der Waals surface area contributed by atoms with Crippen molar-refractivity contribution in [2.24, 2.45) is 0 Å². The number of nitrogens with one attached hydrogen (secondary N) is 1. The van der Waals surface area contributed by atoms with Crippen LogP contribution in [0.15, 0.2) is 30.7 Å². The molecule has 0 unspecified atom stereocenters. The molecule has 0 spiro atoms. The van der Waals surface area contributed by atoms with E-state index < -0.39 is 0 Å². The number of aliphatic hydroxyl groups is 1. The van der Waals surface area contributed by atoms with Crippen LogP contribution in [0.25, 0.3) is 0 Å². The van der Waals surface area contributed by atoms with Crippen LogP contribution in [-0.2, 0) is 0 Å². The van der Waals surface area contributed by atoms with Crippen molar-refractivity contribution < 1.29 is 5.11 Å². The Labute approximate surface area is 117 Å². The zero-order chi connectivity index (χ0) is 14.4. The number of hydrogen-bond acceptors (Lipinski definition) is 7. The number of anilines is 4. The minimum atomic E-state index is 0.0419. The molecule has 0 radical (unpaired) electrons. The first kappa shape index (κ1) is 14.0. The van der Waals surface area contributed by atoms with E-state index in [0.717, 1.165) is 0 Å². The van der Waals surface area contributed by atoms with Gasteiger partial charge in [0.05, 0.1) is 6.61 Å². The number of nitrogens with two attached hydrogens (primary N) is 1. The van der Waals surface area contributed by atoms with Gasteiger partial charge in [-0.05, 0) is 19.1 Å². The van der Waals surface area contributed by atoms with E-state index in [1.165, 1.54) is 6.33 Å². The predicted molar refractivity (Wildman–Crippen MR) is 78.9 cm³/mol. The van der Waals surface area contributed by atoms with Gasteiger partial charge in [0.2, 0.25) is 0 Å². The van der Waals surface area contributed by atoms with Crippen molar-refractivity contribution in [1.29, 1.82) is 0 Å². The second-order valence-electron chi connectivity index (χ2n) is 4.10. The Morgan fingerprint density at radius 2 is 2.15 bits per heavy atom. The first-order valence-electron chi connectivity index (χ1n) is 6.40. The van der Waals surface area contributed by atoms with Crippen molar-refractivity contribution >= 4 is 23.1 Å². The van der Waals surface area contributed by atoms with E-state index in [1.54, 1.807) is 6.20 Å². The molecule has 0 bridgehead atoms. The van der Waals surface area contributed by atoms with Crippen molar-refractivity contribution in [3.8, 4) is 0 Å². The van der Waals surface area contributed by atoms with E-state index in [2.05, 4.69) is 20.3 Å². The fourth-order valence-corrected chi connectivity index (χ4v) is 1.83. The number of hydrogen-bond donors (Lipinski definition) is 3. The molecule has 0 atom stereocenters. The lowest BCUT2D eigenvalue weighted by Crippen LogP contribution is -2.28. The van der Waals surface area contributed by atoms with E-state index >= 15 is 0 Å². The van der Waals surface area contributed by atoms with Gasteiger partial charge < -0.3 is 21.1 Å². The molecule has 0 aliphatic heterocycles. The maximum absolute atomic E-state index is 9.07. The van der Waals surface area contributed by atoms with E-state index in [0.29, 0.717) is 36.2 Å². The van der Waals surface area contributed by atoms with Crippen molar-refractivity contribution in [2.75, 3.05) is 35.6 Å². The van der Waals surface area contributed by atoms with Crippen molar-refractivity contribution in [3.63, 3.8) is 0 Å². The summed E-state index contributed by atoms with van der Waals surface area (Å²) in [6.07, 6.45) is 3.13. The summed E-state index contributed by atoms with van der Waals surface area (Å²) in [6.45, 7) is 3.19. The van der Waals surface area contributed by atoms with Crippen molar-refractivity contribution in [2.45, 2.75) is 6.92 Å². The first-order valence-corrected chi connectivity index (χ1v) is 6.40. The maximum atomic E-state index is 9.07. The SMILES string of the molecule is CCN(CCO)c1ncnc(Nc2ccccn2)c1N. The third-order valence-electron chi connectivity index (χ3n) is 2.83. The topological polar surface area (TPSA) is 100 Å². The third-order valence-corrected chi connectivity index (χ3v) is 2.83. The number of aromatic nitrogens is 3. The second-order valence-corrected chi connectivity index (χ2v) is 4.10. The predicted octanol–water partition coefficient (Wildman–Crippen LogP) is 1.02. The summed E-state index contributed by atoms with van der Waals surface area (Å²) in [6, 6.07) is 5.53. The van der Waals surface area contributed by atoms with Gasteiger partial charge in [0.25, 0.3) is 0 Å². The normalized spacial score (nSPS) is 10.3. The fraction of sp³-hybridized carbons (Fsp3) is 0.308. The van der Waals surface area contributed by atoms with Crippen molar-refractivity contribution in [3.05, 3.63) is 30.7 Å². The highest BCUT2D eigenvalue weighted by molar-refractivity contribution is 5.77. The summed E-state index contributed by atoms with van der Waals surface area (Å²) in [5.74, 6) is 1.77. The number of pyridine rings is 1. The molecule has 2 aromatic rings. The zero-order valence-corrected chi connectivity index (χ0v) is 11.3. The Morgan fingerprint density at radius 1 is 1.30 bits per heavy atom. The molecule has 0 aliphatic carbocycles. The molecule has 0 saturated carbocycles. The lowest BCUT2D eigenvalue weighted by molar-refractivity contribution is 0.302. The van der Waals surface area contributed by atoms with Crippen LogP contribution in [-0.4, -0.2) is 39.8 Å². The van der Waals surface area contributed by atoms with Gasteiger partial charge in [-0.15, -0.1) is 0 Å². The summed E-state index contributed by atoms with van der Waals surface area (Å²) in [4.78, 5) is 14.4. The monoisotopic (exact) mass is 274 g/mol. The second kappa shape index (κ2) is 6.67. The summed E-state index contributed by atoms with van der Waals surface area (Å²) >= 11 is 0. The van der Waals surface area contributed by atoms with Gasteiger partial charge in [0.15, 0.2) is 11.6 Å². The Hall–Kier alpha value is -2.41. The molecule has 2 rings (SSSR count). The number of nitrogen functional groups attached to an aromatic ring is 1. The van der Waals surface area contributed by atoms with Gasteiger partial charge in [0, 0.05) is 19.3 Å². The minimum absolute atomic E-state index is 0.0419. The molecular weight excluding hydrogens is 256 g/mol. The average Bonchev–Trinajstić information content (AvgIpc) is 2.48. The maximum Gasteiger partial charge on any atom is 0.160 e. The number of likely N-dealkylation sites (N-methyl/N-ethyl adjacent to an activating group) is 1. The van der Waals surface area contributed by atoms with E-state index in [-0.39, 0.29) is 6.61 Å². The van der Waals surface area contributed by atoms with Gasteiger partial charge in [-0.2, -0.15) is 0 Å². The van der Waals surface area contributed by atoms with Crippen LogP contribution >= 0.6 is 0 Å². The summed E-state index contributed by atoms with van der Waals surface area (Å²) in [7, 11) is 0. The van der Waals surface area contributed by atoms with E-state index in [1.807, 2.05) is 30.0 Å². The third kappa shape index (κ3) is 3.12. The molecule has 7 heteroatoms. The highest BCUT2D eigenvalue weighted by Gasteiger charge is 2.13. The van der Waals surface area contributed by atoms with E-state index in [4.69, 9.17) is 10.8 Å². The Kier molecular flexibility index (Phi) is 4.67. The molecule has 4 N–H and O–H groups in total. The van der Waals surface area contributed by atoms with Crippen LogP contribution < -0.4 is 16.0 Å². The number of rotatable bonds is 6. The molecule has 2 aromatic heterocycles. The van der Waals surface area contributed by atoms with Gasteiger partial charge in [-0.3, -0.25) is 0 Å². The van der Waals surface area contributed by atoms with E-state index in [9.17, 15) is 0 Å². The van der Waals surface area contributed by atoms with Crippen LogP contribution in [0.4, 0.5) is 23.1 Å². The molecule has 0 aromatic carbocycles. The Bertz CT molecular complexity index is 548. The van der Waals surface area contributed by atoms with Gasteiger partial charge >= 0.3 is 0 Å². The summed E-state index contributed by atoms with van der Waals surface area (Å²) in [5, 5.41) is 12.1. The highest BCUT2D eigenvalue weighted by atomic mass is 16.3. The number of nitrogens with zero attached hydrogens (tertiary/aromatic N) is 4. The van der Waals surface area contributed by atoms with Gasteiger partial charge in [-0.1, -0.05) is 6.07 Å². The van der Waals surface area contributed by atoms with Crippen LogP contribution in [0, 0.1) is 0 Å². The highest BCUT2D eigenvalue weighted by Crippen LogP contribution is 2.27. The zero-order valence-electron chi connectivity index (χ0n) is 11.3. The smallest absolute Gasteiger partial charge is 0.160 e. The summed E-state index contributed by atoms with van der Waals surface area (Å²) < 4.78 is 0.